The van der Waals surface area contributed by atoms with Crippen molar-refractivity contribution in [3.8, 4) is 0 Å². The zero-order valence-corrected chi connectivity index (χ0v) is 12.9. The van der Waals surface area contributed by atoms with Gasteiger partial charge in [-0.15, -0.1) is 0 Å². The van der Waals surface area contributed by atoms with Crippen molar-refractivity contribution in [1.29, 1.82) is 0 Å². The van der Waals surface area contributed by atoms with Crippen LogP contribution in [0.4, 0.5) is 0 Å². The maximum absolute atomic E-state index is 12.2. The van der Waals surface area contributed by atoms with Gasteiger partial charge >= 0.3 is 0 Å². The summed E-state index contributed by atoms with van der Waals surface area (Å²) in [5, 5.41) is 3.24. The minimum Gasteiger partial charge on any atom is -0.352 e. The van der Waals surface area contributed by atoms with Crippen LogP contribution in [0.5, 0.6) is 0 Å². The highest BCUT2D eigenvalue weighted by Gasteiger charge is 2.26. The summed E-state index contributed by atoms with van der Waals surface area (Å²) in [4.78, 5) is 14.5. The van der Waals surface area contributed by atoms with E-state index in [1.807, 2.05) is 0 Å². The van der Waals surface area contributed by atoms with Gasteiger partial charge < -0.3 is 11.1 Å². The van der Waals surface area contributed by atoms with E-state index in [9.17, 15) is 4.79 Å². The average molecular weight is 281 g/mol. The van der Waals surface area contributed by atoms with Crippen LogP contribution in [-0.2, 0) is 4.79 Å². The fraction of sp³-hybridized carbons (Fsp3) is 0.938. The van der Waals surface area contributed by atoms with Gasteiger partial charge in [0, 0.05) is 25.2 Å². The molecule has 2 rings (SSSR count). The molecule has 0 aromatic carbocycles. The summed E-state index contributed by atoms with van der Waals surface area (Å²) in [6.07, 6.45) is 9.64. The Balaban J connectivity index is 1.73. The Bertz CT molecular complexity index is 300. The molecule has 1 aliphatic heterocycles. The highest BCUT2D eigenvalue weighted by atomic mass is 16.2. The Labute approximate surface area is 123 Å². The second kappa shape index (κ2) is 7.99. The normalized spacial score (nSPS) is 29.9. The molecule has 2 fully saturated rings. The number of likely N-dealkylation sites (tertiary alicyclic amines) is 1. The summed E-state index contributed by atoms with van der Waals surface area (Å²) in [7, 11) is 0. The van der Waals surface area contributed by atoms with Gasteiger partial charge in [0.05, 0.1) is 6.54 Å². The molecule has 4 nitrogen and oxygen atoms in total. The van der Waals surface area contributed by atoms with E-state index < -0.39 is 0 Å². The van der Waals surface area contributed by atoms with Crippen molar-refractivity contribution in [3.05, 3.63) is 0 Å². The highest BCUT2D eigenvalue weighted by Crippen LogP contribution is 2.19. The predicted molar refractivity (Wildman–Crippen MR) is 82.4 cm³/mol. The number of carbonyl (C=O) groups is 1. The second-order valence-corrected chi connectivity index (χ2v) is 6.61. The van der Waals surface area contributed by atoms with Gasteiger partial charge in [-0.1, -0.05) is 39.0 Å². The standard InChI is InChI=1S/C16H31N3O/c1-2-13-11-19(10-9-15(13)17)12-16(20)18-14-7-5-3-4-6-8-14/h13-15H,2-12,17H2,1H3,(H,18,20). The quantitative estimate of drug-likeness (QED) is 0.774. The molecule has 0 aromatic rings. The van der Waals surface area contributed by atoms with Crippen LogP contribution in [0.15, 0.2) is 0 Å². The largest absolute Gasteiger partial charge is 0.352 e. The number of nitrogens with two attached hydrogens (primary N) is 1. The zero-order chi connectivity index (χ0) is 14.4. The lowest BCUT2D eigenvalue weighted by Crippen LogP contribution is -2.50. The van der Waals surface area contributed by atoms with E-state index >= 15 is 0 Å². The lowest BCUT2D eigenvalue weighted by molar-refractivity contribution is -0.123. The zero-order valence-electron chi connectivity index (χ0n) is 12.9. The molecule has 0 spiro atoms. The maximum Gasteiger partial charge on any atom is 0.234 e. The molecule has 1 aliphatic carbocycles. The Kier molecular flexibility index (Phi) is 6.30. The fourth-order valence-corrected chi connectivity index (χ4v) is 3.60. The van der Waals surface area contributed by atoms with E-state index in [0.717, 1.165) is 38.8 Å². The van der Waals surface area contributed by atoms with Gasteiger partial charge in [0.25, 0.3) is 0 Å². The van der Waals surface area contributed by atoms with E-state index in [2.05, 4.69) is 17.1 Å². The van der Waals surface area contributed by atoms with Crippen molar-refractivity contribution < 1.29 is 4.79 Å². The monoisotopic (exact) mass is 281 g/mol. The smallest absolute Gasteiger partial charge is 0.234 e. The van der Waals surface area contributed by atoms with Crippen LogP contribution in [0.2, 0.25) is 0 Å². The second-order valence-electron chi connectivity index (χ2n) is 6.61. The van der Waals surface area contributed by atoms with Crippen molar-refractivity contribution in [3.63, 3.8) is 0 Å². The summed E-state index contributed by atoms with van der Waals surface area (Å²) >= 11 is 0. The van der Waals surface area contributed by atoms with Gasteiger partial charge in [0.2, 0.25) is 5.91 Å². The number of hydrogen-bond acceptors (Lipinski definition) is 3. The molecule has 20 heavy (non-hydrogen) atoms. The molecule has 2 aliphatic rings. The van der Waals surface area contributed by atoms with E-state index in [1.165, 1.54) is 25.7 Å². The van der Waals surface area contributed by atoms with E-state index in [1.54, 1.807) is 0 Å². The van der Waals surface area contributed by atoms with Crippen molar-refractivity contribution in [1.82, 2.24) is 10.2 Å². The number of rotatable bonds is 4. The Morgan fingerprint density at radius 3 is 2.55 bits per heavy atom. The summed E-state index contributed by atoms with van der Waals surface area (Å²) in [6, 6.07) is 0.736. The molecule has 116 valence electrons. The van der Waals surface area contributed by atoms with Gasteiger partial charge in [-0.3, -0.25) is 9.69 Å². The number of carbonyl (C=O) groups excluding carboxylic acids is 1. The number of amides is 1. The third kappa shape index (κ3) is 4.74. The fourth-order valence-electron chi connectivity index (χ4n) is 3.60. The first kappa shape index (κ1) is 15.8. The molecule has 3 N–H and O–H groups in total. The summed E-state index contributed by atoms with van der Waals surface area (Å²) in [5.74, 6) is 0.761. The number of nitrogens with one attached hydrogen (secondary N) is 1. The van der Waals surface area contributed by atoms with Crippen molar-refractivity contribution in [2.45, 2.75) is 70.4 Å². The molecule has 1 saturated carbocycles. The van der Waals surface area contributed by atoms with Gasteiger partial charge in [-0.05, 0) is 25.2 Å². The minimum atomic E-state index is 0.210. The van der Waals surface area contributed by atoms with Gasteiger partial charge in [0.15, 0.2) is 0 Å². The Morgan fingerprint density at radius 2 is 1.90 bits per heavy atom. The lowest BCUT2D eigenvalue weighted by atomic mass is 9.91. The van der Waals surface area contributed by atoms with Crippen LogP contribution >= 0.6 is 0 Å². The average Bonchev–Trinajstić information content (AvgIpc) is 2.69. The Hall–Kier alpha value is -0.610. The molecule has 2 atom stereocenters. The van der Waals surface area contributed by atoms with Gasteiger partial charge in [0.1, 0.15) is 0 Å². The molecule has 1 saturated heterocycles. The summed E-state index contributed by atoms with van der Waals surface area (Å²) in [5.41, 5.74) is 6.12. The third-order valence-corrected chi connectivity index (χ3v) is 4.99. The summed E-state index contributed by atoms with van der Waals surface area (Å²) < 4.78 is 0. The van der Waals surface area contributed by atoms with E-state index in [0.29, 0.717) is 24.5 Å². The van der Waals surface area contributed by atoms with Crippen LogP contribution in [-0.4, -0.2) is 42.5 Å². The molecule has 1 heterocycles. The minimum absolute atomic E-state index is 0.210. The first-order chi connectivity index (χ1) is 9.69. The van der Waals surface area contributed by atoms with Gasteiger partial charge in [-0.25, -0.2) is 0 Å². The molecular formula is C16H31N3O. The van der Waals surface area contributed by atoms with Crippen LogP contribution in [0, 0.1) is 5.92 Å². The highest BCUT2D eigenvalue weighted by molar-refractivity contribution is 5.78. The number of piperidine rings is 1. The Morgan fingerprint density at radius 1 is 1.20 bits per heavy atom. The molecule has 1 amide bonds. The van der Waals surface area contributed by atoms with Crippen LogP contribution in [0.3, 0.4) is 0 Å². The molecule has 2 unspecified atom stereocenters. The SMILES string of the molecule is CCC1CN(CC(=O)NC2CCCCCC2)CCC1N. The van der Waals surface area contributed by atoms with Crippen LogP contribution in [0.1, 0.15) is 58.3 Å². The van der Waals surface area contributed by atoms with Crippen LogP contribution < -0.4 is 11.1 Å². The lowest BCUT2D eigenvalue weighted by Gasteiger charge is -2.36. The van der Waals surface area contributed by atoms with E-state index in [4.69, 9.17) is 5.73 Å². The van der Waals surface area contributed by atoms with Crippen molar-refractivity contribution in [2.24, 2.45) is 11.7 Å². The molecule has 0 aromatic heterocycles. The van der Waals surface area contributed by atoms with Crippen molar-refractivity contribution >= 4 is 5.91 Å². The predicted octanol–water partition coefficient (Wildman–Crippen LogP) is 1.88. The molecule has 0 radical (unpaired) electrons. The topological polar surface area (TPSA) is 58.4 Å². The van der Waals surface area contributed by atoms with Gasteiger partial charge in [-0.2, -0.15) is 0 Å². The van der Waals surface area contributed by atoms with E-state index in [-0.39, 0.29) is 5.91 Å². The molecule has 4 heteroatoms. The number of hydrogen-bond donors (Lipinski definition) is 2. The first-order valence-electron chi connectivity index (χ1n) is 8.46. The number of nitrogens with zero attached hydrogens (tertiary/aromatic N) is 1. The third-order valence-electron chi connectivity index (χ3n) is 4.99. The maximum atomic E-state index is 12.2. The molecule has 0 bridgehead atoms. The summed E-state index contributed by atoms with van der Waals surface area (Å²) in [6.45, 7) is 4.70. The van der Waals surface area contributed by atoms with Crippen LogP contribution in [0.25, 0.3) is 0 Å². The van der Waals surface area contributed by atoms with Crippen molar-refractivity contribution in [2.75, 3.05) is 19.6 Å². The molecular weight excluding hydrogens is 250 g/mol. The first-order valence-corrected chi connectivity index (χ1v) is 8.46.